The van der Waals surface area contributed by atoms with Crippen molar-refractivity contribution in [2.75, 3.05) is 6.54 Å². The molecule has 1 amide bonds. The van der Waals surface area contributed by atoms with Gasteiger partial charge in [0.05, 0.1) is 5.69 Å². The predicted octanol–water partition coefficient (Wildman–Crippen LogP) is 1.75. The molecule has 7 nitrogen and oxygen atoms in total. The van der Waals surface area contributed by atoms with Crippen molar-refractivity contribution in [1.29, 1.82) is 0 Å². The highest BCUT2D eigenvalue weighted by Crippen LogP contribution is 2.16. The maximum atomic E-state index is 12.1. The van der Waals surface area contributed by atoms with E-state index < -0.39 is 0 Å². The Morgan fingerprint density at radius 1 is 1.26 bits per heavy atom. The Hall–Kier alpha value is -2.96. The van der Waals surface area contributed by atoms with Crippen LogP contribution in [0.2, 0.25) is 0 Å². The number of hydrogen-bond acceptors (Lipinski definition) is 5. The van der Waals surface area contributed by atoms with Gasteiger partial charge in [0.15, 0.2) is 0 Å². The number of amides is 1. The maximum absolute atomic E-state index is 12.1. The number of carbonyl (C=O) groups excluding carboxylic acids is 1. The minimum Gasteiger partial charge on any atom is -0.421 e. The van der Waals surface area contributed by atoms with E-state index in [2.05, 4.69) is 20.6 Å². The molecular formula is C16H17N5O2. The smallest absolute Gasteiger partial charge is 0.269 e. The van der Waals surface area contributed by atoms with E-state index in [0.29, 0.717) is 30.4 Å². The monoisotopic (exact) mass is 311 g/mol. The van der Waals surface area contributed by atoms with Crippen molar-refractivity contribution in [3.63, 3.8) is 0 Å². The largest absolute Gasteiger partial charge is 0.421 e. The first-order chi connectivity index (χ1) is 11.1. The van der Waals surface area contributed by atoms with Gasteiger partial charge in [-0.25, -0.2) is 0 Å². The summed E-state index contributed by atoms with van der Waals surface area (Å²) in [5, 5.41) is 15.0. The van der Waals surface area contributed by atoms with Crippen molar-refractivity contribution < 1.29 is 9.21 Å². The zero-order valence-electron chi connectivity index (χ0n) is 13.0. The number of hydrogen-bond donors (Lipinski definition) is 1. The summed E-state index contributed by atoms with van der Waals surface area (Å²) in [7, 11) is 1.74. The van der Waals surface area contributed by atoms with Crippen LogP contribution in [-0.2, 0) is 13.5 Å². The molecule has 118 valence electrons. The third-order valence-electron chi connectivity index (χ3n) is 3.35. The van der Waals surface area contributed by atoms with Crippen molar-refractivity contribution in [3.05, 3.63) is 53.7 Å². The first kappa shape index (κ1) is 15.0. The van der Waals surface area contributed by atoms with Gasteiger partial charge in [-0.15, -0.1) is 10.2 Å². The molecule has 3 aromatic rings. The summed E-state index contributed by atoms with van der Waals surface area (Å²) >= 11 is 0. The summed E-state index contributed by atoms with van der Waals surface area (Å²) in [6.07, 6.45) is 0.475. The van der Waals surface area contributed by atoms with Crippen molar-refractivity contribution in [1.82, 2.24) is 25.3 Å². The Kier molecular flexibility index (Phi) is 4.18. The van der Waals surface area contributed by atoms with Crippen LogP contribution >= 0.6 is 0 Å². The van der Waals surface area contributed by atoms with Gasteiger partial charge in [0.1, 0.15) is 5.69 Å². The number of nitrogens with zero attached hydrogens (tertiary/aromatic N) is 4. The summed E-state index contributed by atoms with van der Waals surface area (Å²) < 4.78 is 7.15. The van der Waals surface area contributed by atoms with Crippen LogP contribution in [0.1, 0.15) is 22.1 Å². The van der Waals surface area contributed by atoms with E-state index in [-0.39, 0.29) is 5.91 Å². The molecule has 3 rings (SSSR count). The molecule has 7 heteroatoms. The molecule has 2 aromatic heterocycles. The Bertz CT molecular complexity index is 807. The van der Waals surface area contributed by atoms with E-state index >= 15 is 0 Å². The quantitative estimate of drug-likeness (QED) is 0.776. The number of aromatic nitrogens is 4. The average Bonchev–Trinajstić information content (AvgIpc) is 3.14. The van der Waals surface area contributed by atoms with Gasteiger partial charge in [0.25, 0.3) is 5.91 Å². The fourth-order valence-electron chi connectivity index (χ4n) is 2.25. The fourth-order valence-corrected chi connectivity index (χ4v) is 2.25. The summed E-state index contributed by atoms with van der Waals surface area (Å²) in [6.45, 7) is 2.26. The van der Waals surface area contributed by atoms with Gasteiger partial charge < -0.3 is 9.73 Å². The number of nitrogens with one attached hydrogen (secondary N) is 1. The lowest BCUT2D eigenvalue weighted by atomic mass is 10.2. The van der Waals surface area contributed by atoms with E-state index in [1.165, 1.54) is 0 Å². The van der Waals surface area contributed by atoms with E-state index in [1.807, 2.05) is 37.3 Å². The Morgan fingerprint density at radius 2 is 2.04 bits per heavy atom. The Labute approximate surface area is 133 Å². The lowest BCUT2D eigenvalue weighted by molar-refractivity contribution is 0.0944. The van der Waals surface area contributed by atoms with Crippen molar-refractivity contribution in [2.45, 2.75) is 13.3 Å². The highest BCUT2D eigenvalue weighted by Gasteiger charge is 2.12. The summed E-state index contributed by atoms with van der Waals surface area (Å²) in [5.41, 5.74) is 2.21. The van der Waals surface area contributed by atoms with Crippen LogP contribution in [0.15, 0.2) is 40.8 Å². The molecule has 2 heterocycles. The van der Waals surface area contributed by atoms with E-state index in [1.54, 1.807) is 17.8 Å². The normalized spacial score (nSPS) is 10.7. The van der Waals surface area contributed by atoms with Crippen molar-refractivity contribution >= 4 is 5.91 Å². The van der Waals surface area contributed by atoms with Gasteiger partial charge in [-0.3, -0.25) is 9.48 Å². The molecule has 0 saturated carbocycles. The molecule has 0 saturated heterocycles. The zero-order valence-corrected chi connectivity index (χ0v) is 13.0. The minimum absolute atomic E-state index is 0.170. The lowest BCUT2D eigenvalue weighted by Gasteiger charge is -2.03. The molecule has 0 aliphatic carbocycles. The van der Waals surface area contributed by atoms with Crippen LogP contribution in [0.25, 0.3) is 11.5 Å². The van der Waals surface area contributed by atoms with Gasteiger partial charge >= 0.3 is 0 Å². The molecular weight excluding hydrogens is 294 g/mol. The topological polar surface area (TPSA) is 85.8 Å². The third kappa shape index (κ3) is 3.45. The van der Waals surface area contributed by atoms with E-state index in [0.717, 1.165) is 11.3 Å². The molecule has 1 aromatic carbocycles. The summed E-state index contributed by atoms with van der Waals surface area (Å²) in [5.74, 6) is 0.801. The van der Waals surface area contributed by atoms with Gasteiger partial charge in [-0.05, 0) is 25.1 Å². The Balaban J connectivity index is 1.56. The highest BCUT2D eigenvalue weighted by molar-refractivity contribution is 5.92. The van der Waals surface area contributed by atoms with Gasteiger partial charge in [-0.1, -0.05) is 18.2 Å². The number of rotatable bonds is 5. The number of aryl methyl sites for hydroxylation is 2. The average molecular weight is 311 g/mol. The molecule has 0 aliphatic rings. The minimum atomic E-state index is -0.170. The van der Waals surface area contributed by atoms with Gasteiger partial charge in [-0.2, -0.15) is 5.10 Å². The van der Waals surface area contributed by atoms with Crippen LogP contribution in [0, 0.1) is 6.92 Å². The van der Waals surface area contributed by atoms with Crippen molar-refractivity contribution in [2.24, 2.45) is 7.05 Å². The SMILES string of the molecule is Cc1cc(C(=O)NCCc2nnc(-c3ccccc3)o2)n(C)n1. The second kappa shape index (κ2) is 6.43. The molecule has 0 fully saturated rings. The number of carbonyl (C=O) groups is 1. The first-order valence-corrected chi connectivity index (χ1v) is 7.30. The van der Waals surface area contributed by atoms with Crippen LogP contribution in [0.5, 0.6) is 0 Å². The molecule has 0 bridgehead atoms. The maximum Gasteiger partial charge on any atom is 0.269 e. The second-order valence-corrected chi connectivity index (χ2v) is 5.17. The third-order valence-corrected chi connectivity index (χ3v) is 3.35. The van der Waals surface area contributed by atoms with Crippen molar-refractivity contribution in [3.8, 4) is 11.5 Å². The van der Waals surface area contributed by atoms with E-state index in [9.17, 15) is 4.79 Å². The van der Waals surface area contributed by atoms with Crippen LogP contribution < -0.4 is 5.32 Å². The lowest BCUT2D eigenvalue weighted by Crippen LogP contribution is -2.27. The molecule has 23 heavy (non-hydrogen) atoms. The second-order valence-electron chi connectivity index (χ2n) is 5.17. The highest BCUT2D eigenvalue weighted by atomic mass is 16.4. The van der Waals surface area contributed by atoms with Crippen LogP contribution in [0.3, 0.4) is 0 Å². The number of benzene rings is 1. The van der Waals surface area contributed by atoms with Crippen LogP contribution in [-0.4, -0.2) is 32.4 Å². The molecule has 0 spiro atoms. The van der Waals surface area contributed by atoms with Gasteiger partial charge in [0, 0.05) is 25.6 Å². The molecule has 0 atom stereocenters. The zero-order chi connectivity index (χ0) is 16.2. The van der Waals surface area contributed by atoms with Crippen LogP contribution in [0.4, 0.5) is 0 Å². The first-order valence-electron chi connectivity index (χ1n) is 7.30. The summed E-state index contributed by atoms with van der Waals surface area (Å²) in [4.78, 5) is 12.1. The Morgan fingerprint density at radius 3 is 2.74 bits per heavy atom. The predicted molar refractivity (Wildman–Crippen MR) is 83.7 cm³/mol. The standard InChI is InChI=1S/C16H17N5O2/c1-11-10-13(21(2)20-11)15(22)17-9-8-14-18-19-16(23-14)12-6-4-3-5-7-12/h3-7,10H,8-9H2,1-2H3,(H,17,22). The molecule has 0 radical (unpaired) electrons. The van der Waals surface area contributed by atoms with Gasteiger partial charge in [0.2, 0.25) is 11.8 Å². The van der Waals surface area contributed by atoms with E-state index in [4.69, 9.17) is 4.42 Å². The molecule has 0 unspecified atom stereocenters. The molecule has 0 aliphatic heterocycles. The molecule has 1 N–H and O–H groups in total. The summed E-state index contributed by atoms with van der Waals surface area (Å²) in [6, 6.07) is 11.3. The fraction of sp³-hybridized carbons (Fsp3) is 0.250.